The zero-order valence-electron chi connectivity index (χ0n) is 11.1. The van der Waals surface area contributed by atoms with Crippen LogP contribution in [-0.2, 0) is 0 Å². The van der Waals surface area contributed by atoms with Crippen LogP contribution in [0.2, 0.25) is 0 Å². The van der Waals surface area contributed by atoms with Crippen molar-refractivity contribution in [1.82, 2.24) is 4.90 Å². The summed E-state index contributed by atoms with van der Waals surface area (Å²) in [5.41, 5.74) is 0. The molecule has 0 aromatic carbocycles. The number of unbranched alkanes of at least 4 members (excludes halogenated alkanes) is 2. The van der Waals surface area contributed by atoms with Gasteiger partial charge in [-0.25, -0.2) is 0 Å². The summed E-state index contributed by atoms with van der Waals surface area (Å²) < 4.78 is 0. The van der Waals surface area contributed by atoms with Gasteiger partial charge in [-0.3, -0.25) is 4.90 Å². The van der Waals surface area contributed by atoms with E-state index in [2.05, 4.69) is 32.6 Å². The van der Waals surface area contributed by atoms with E-state index in [1.807, 2.05) is 0 Å². The van der Waals surface area contributed by atoms with Gasteiger partial charge in [0.25, 0.3) is 0 Å². The normalized spacial score (nSPS) is 27.8. The van der Waals surface area contributed by atoms with Gasteiger partial charge in [-0.15, -0.1) is 0 Å². The molecule has 0 spiro atoms. The Bertz CT molecular complexity index is 155. The molecule has 1 saturated heterocycles. The fraction of sp³-hybridized carbons (Fsp3) is 1.00. The summed E-state index contributed by atoms with van der Waals surface area (Å²) in [5.74, 6) is 0.884. The van der Waals surface area contributed by atoms with Crippen LogP contribution < -0.4 is 0 Å². The van der Waals surface area contributed by atoms with Crippen LogP contribution in [0, 0.1) is 5.92 Å². The molecule has 2 unspecified atom stereocenters. The van der Waals surface area contributed by atoms with Gasteiger partial charge in [0, 0.05) is 12.1 Å². The van der Waals surface area contributed by atoms with Crippen LogP contribution in [-0.4, -0.2) is 23.5 Å². The van der Waals surface area contributed by atoms with Gasteiger partial charge in [-0.05, 0) is 45.6 Å². The van der Waals surface area contributed by atoms with Gasteiger partial charge < -0.3 is 0 Å². The third-order valence-corrected chi connectivity index (χ3v) is 3.83. The highest BCUT2D eigenvalue weighted by Crippen LogP contribution is 2.23. The van der Waals surface area contributed by atoms with Gasteiger partial charge in [0.05, 0.1) is 0 Å². The largest absolute Gasteiger partial charge is 0.298 e. The molecule has 15 heavy (non-hydrogen) atoms. The van der Waals surface area contributed by atoms with Crippen molar-refractivity contribution in [1.29, 1.82) is 0 Å². The summed E-state index contributed by atoms with van der Waals surface area (Å²) in [7, 11) is 0. The lowest BCUT2D eigenvalue weighted by Gasteiger charge is -2.25. The molecule has 0 aromatic heterocycles. The van der Waals surface area contributed by atoms with Crippen LogP contribution in [0.1, 0.15) is 66.2 Å². The number of hydrogen-bond acceptors (Lipinski definition) is 1. The molecule has 0 amide bonds. The van der Waals surface area contributed by atoms with Gasteiger partial charge in [0.15, 0.2) is 0 Å². The second kappa shape index (κ2) is 6.52. The van der Waals surface area contributed by atoms with E-state index in [-0.39, 0.29) is 0 Å². The monoisotopic (exact) mass is 211 g/mol. The van der Waals surface area contributed by atoms with Crippen LogP contribution in [0.25, 0.3) is 0 Å². The summed E-state index contributed by atoms with van der Waals surface area (Å²) in [5, 5.41) is 0. The zero-order valence-corrected chi connectivity index (χ0v) is 11.1. The molecule has 1 nitrogen and oxygen atoms in total. The fourth-order valence-electron chi connectivity index (χ4n) is 2.71. The molecule has 0 saturated carbocycles. The third-order valence-electron chi connectivity index (χ3n) is 3.83. The van der Waals surface area contributed by atoms with Crippen molar-refractivity contribution in [3.05, 3.63) is 0 Å². The Kier molecular flexibility index (Phi) is 5.66. The molecule has 1 fully saturated rings. The maximum Gasteiger partial charge on any atom is 0.00703 e. The van der Waals surface area contributed by atoms with Crippen molar-refractivity contribution in [2.75, 3.05) is 6.54 Å². The average molecular weight is 211 g/mol. The molecule has 1 rings (SSSR count). The molecule has 0 aliphatic carbocycles. The molecular weight excluding hydrogens is 182 g/mol. The van der Waals surface area contributed by atoms with Crippen molar-refractivity contribution < 1.29 is 0 Å². The molecular formula is C14H29N. The fourth-order valence-corrected chi connectivity index (χ4v) is 2.71. The Morgan fingerprint density at radius 2 is 1.60 bits per heavy atom. The van der Waals surface area contributed by atoms with Gasteiger partial charge in [-0.1, -0.05) is 33.1 Å². The molecule has 0 bridgehead atoms. The van der Waals surface area contributed by atoms with E-state index in [1.165, 1.54) is 45.1 Å². The van der Waals surface area contributed by atoms with Crippen molar-refractivity contribution >= 4 is 0 Å². The van der Waals surface area contributed by atoms with E-state index in [0.29, 0.717) is 0 Å². The quantitative estimate of drug-likeness (QED) is 0.598. The number of rotatable bonds is 6. The maximum absolute atomic E-state index is 2.70. The van der Waals surface area contributed by atoms with Crippen molar-refractivity contribution in [3.8, 4) is 0 Å². The van der Waals surface area contributed by atoms with Gasteiger partial charge in [-0.2, -0.15) is 0 Å². The van der Waals surface area contributed by atoms with E-state index < -0.39 is 0 Å². The second-order valence-electron chi connectivity index (χ2n) is 5.76. The lowest BCUT2D eigenvalue weighted by Crippen LogP contribution is -2.33. The first-order chi connectivity index (χ1) is 7.11. The Balaban J connectivity index is 2.04. The van der Waals surface area contributed by atoms with Crippen molar-refractivity contribution in [2.24, 2.45) is 5.92 Å². The van der Waals surface area contributed by atoms with Crippen LogP contribution in [0.3, 0.4) is 0 Å². The summed E-state index contributed by atoms with van der Waals surface area (Å²) in [6.45, 7) is 10.8. The molecule has 90 valence electrons. The van der Waals surface area contributed by atoms with E-state index in [0.717, 1.165) is 18.0 Å². The molecule has 1 heterocycles. The smallest absolute Gasteiger partial charge is 0.00703 e. The highest BCUT2D eigenvalue weighted by atomic mass is 15.2. The lowest BCUT2D eigenvalue weighted by molar-refractivity contribution is 0.209. The zero-order chi connectivity index (χ0) is 11.3. The van der Waals surface area contributed by atoms with E-state index in [1.54, 1.807) is 0 Å². The minimum atomic E-state index is 0.838. The second-order valence-corrected chi connectivity index (χ2v) is 5.76. The van der Waals surface area contributed by atoms with Crippen LogP contribution in [0.5, 0.6) is 0 Å². The molecule has 1 aliphatic heterocycles. The lowest BCUT2D eigenvalue weighted by atomic mass is 10.1. The predicted octanol–water partition coefficient (Wildman–Crippen LogP) is 4.08. The Hall–Kier alpha value is -0.0400. The number of likely N-dealkylation sites (tertiary alicyclic amines) is 1. The Labute approximate surface area is 96.2 Å². The SMILES string of the molecule is CC(C)CCCCCN1C(C)CCC1C. The average Bonchev–Trinajstić information content (AvgIpc) is 2.47. The molecule has 1 heteroatoms. The van der Waals surface area contributed by atoms with Crippen molar-refractivity contribution in [2.45, 2.75) is 78.3 Å². The molecule has 0 radical (unpaired) electrons. The van der Waals surface area contributed by atoms with Crippen molar-refractivity contribution in [3.63, 3.8) is 0 Å². The minimum Gasteiger partial charge on any atom is -0.298 e. The minimum absolute atomic E-state index is 0.838. The molecule has 1 aliphatic rings. The van der Waals surface area contributed by atoms with Crippen LogP contribution >= 0.6 is 0 Å². The predicted molar refractivity (Wildman–Crippen MR) is 68.2 cm³/mol. The highest BCUT2D eigenvalue weighted by Gasteiger charge is 2.25. The molecule has 0 N–H and O–H groups in total. The first-order valence-corrected chi connectivity index (χ1v) is 6.87. The number of nitrogens with zero attached hydrogens (tertiary/aromatic N) is 1. The first-order valence-electron chi connectivity index (χ1n) is 6.87. The highest BCUT2D eigenvalue weighted by molar-refractivity contribution is 4.81. The molecule has 0 aromatic rings. The Morgan fingerprint density at radius 1 is 1.00 bits per heavy atom. The van der Waals surface area contributed by atoms with E-state index in [9.17, 15) is 0 Å². The summed E-state index contributed by atoms with van der Waals surface area (Å²) in [4.78, 5) is 2.70. The Morgan fingerprint density at radius 3 is 2.13 bits per heavy atom. The van der Waals surface area contributed by atoms with E-state index in [4.69, 9.17) is 0 Å². The summed E-state index contributed by atoms with van der Waals surface area (Å²) >= 11 is 0. The number of hydrogen-bond donors (Lipinski definition) is 0. The van der Waals surface area contributed by atoms with Gasteiger partial charge in [0.2, 0.25) is 0 Å². The topological polar surface area (TPSA) is 3.24 Å². The first kappa shape index (κ1) is 13.0. The standard InChI is InChI=1S/C14H29N/c1-12(2)8-6-5-7-11-15-13(3)9-10-14(15)4/h12-14H,5-11H2,1-4H3. The maximum atomic E-state index is 2.70. The third kappa shape index (κ3) is 4.55. The van der Waals surface area contributed by atoms with Gasteiger partial charge >= 0.3 is 0 Å². The summed E-state index contributed by atoms with van der Waals surface area (Å²) in [6.07, 6.45) is 8.48. The van der Waals surface area contributed by atoms with E-state index >= 15 is 0 Å². The van der Waals surface area contributed by atoms with Crippen LogP contribution in [0.15, 0.2) is 0 Å². The molecule has 2 atom stereocenters. The van der Waals surface area contributed by atoms with Crippen LogP contribution in [0.4, 0.5) is 0 Å². The summed E-state index contributed by atoms with van der Waals surface area (Å²) in [6, 6.07) is 1.68. The van der Waals surface area contributed by atoms with Gasteiger partial charge in [0.1, 0.15) is 0 Å².